The van der Waals surface area contributed by atoms with Crippen LogP contribution in [0.1, 0.15) is 29.2 Å². The normalized spacial score (nSPS) is 20.3. The molecule has 1 saturated heterocycles. The SMILES string of the molecule is N#Cc1sc(N2CCNCC2)c(C2CC2)c1N. The predicted octanol–water partition coefficient (Wildman–Crippen LogP) is 1.49. The van der Waals surface area contributed by atoms with Crippen molar-refractivity contribution < 1.29 is 0 Å². The van der Waals surface area contributed by atoms with Gasteiger partial charge in [0, 0.05) is 31.7 Å². The average molecular weight is 248 g/mol. The summed E-state index contributed by atoms with van der Waals surface area (Å²) in [6.45, 7) is 4.07. The number of nitrogens with zero attached hydrogens (tertiary/aromatic N) is 2. The summed E-state index contributed by atoms with van der Waals surface area (Å²) in [6, 6.07) is 2.23. The summed E-state index contributed by atoms with van der Waals surface area (Å²) >= 11 is 1.57. The van der Waals surface area contributed by atoms with Crippen molar-refractivity contribution >= 4 is 22.0 Å². The quantitative estimate of drug-likeness (QED) is 0.832. The van der Waals surface area contributed by atoms with E-state index in [0.717, 1.165) is 31.9 Å². The number of nitrogens with two attached hydrogens (primary N) is 1. The van der Waals surface area contributed by atoms with Gasteiger partial charge in [0.05, 0.1) is 10.7 Å². The van der Waals surface area contributed by atoms with E-state index in [4.69, 9.17) is 11.0 Å². The summed E-state index contributed by atoms with van der Waals surface area (Å²) in [5.41, 5.74) is 8.11. The van der Waals surface area contributed by atoms with Gasteiger partial charge >= 0.3 is 0 Å². The van der Waals surface area contributed by atoms with Gasteiger partial charge in [0.1, 0.15) is 10.9 Å². The van der Waals surface area contributed by atoms with Crippen LogP contribution in [0.4, 0.5) is 10.7 Å². The van der Waals surface area contributed by atoms with Gasteiger partial charge in [-0.15, -0.1) is 11.3 Å². The number of thiophene rings is 1. The first kappa shape index (κ1) is 10.9. The molecule has 2 aliphatic rings. The van der Waals surface area contributed by atoms with Crippen LogP contribution in [0.5, 0.6) is 0 Å². The molecule has 0 spiro atoms. The Morgan fingerprint density at radius 1 is 1.35 bits per heavy atom. The van der Waals surface area contributed by atoms with E-state index >= 15 is 0 Å². The highest BCUT2D eigenvalue weighted by Crippen LogP contribution is 2.51. The fourth-order valence-electron chi connectivity index (χ4n) is 2.40. The van der Waals surface area contributed by atoms with Crippen LogP contribution in [0, 0.1) is 11.3 Å². The van der Waals surface area contributed by atoms with Gasteiger partial charge in [-0.3, -0.25) is 0 Å². The van der Waals surface area contributed by atoms with Crippen molar-refractivity contribution in [2.75, 3.05) is 36.8 Å². The molecule has 1 saturated carbocycles. The zero-order valence-electron chi connectivity index (χ0n) is 9.70. The molecular weight excluding hydrogens is 232 g/mol. The zero-order valence-corrected chi connectivity index (χ0v) is 10.5. The van der Waals surface area contributed by atoms with E-state index in [-0.39, 0.29) is 0 Å². The Balaban J connectivity index is 1.99. The van der Waals surface area contributed by atoms with Crippen molar-refractivity contribution in [1.82, 2.24) is 5.32 Å². The maximum Gasteiger partial charge on any atom is 0.130 e. The molecule has 0 amide bonds. The van der Waals surface area contributed by atoms with Gasteiger partial charge in [0.15, 0.2) is 0 Å². The molecule has 1 aromatic heterocycles. The van der Waals surface area contributed by atoms with E-state index in [2.05, 4.69) is 16.3 Å². The fraction of sp³-hybridized carbons (Fsp3) is 0.583. The molecule has 0 radical (unpaired) electrons. The number of anilines is 2. The highest BCUT2D eigenvalue weighted by molar-refractivity contribution is 7.17. The van der Waals surface area contributed by atoms with Crippen LogP contribution in [-0.4, -0.2) is 26.2 Å². The van der Waals surface area contributed by atoms with Crippen LogP contribution in [0.25, 0.3) is 0 Å². The highest BCUT2D eigenvalue weighted by Gasteiger charge is 2.33. The number of nitrogens with one attached hydrogen (secondary N) is 1. The first-order valence-corrected chi connectivity index (χ1v) is 6.91. The molecule has 0 aromatic carbocycles. The molecule has 1 aliphatic heterocycles. The lowest BCUT2D eigenvalue weighted by molar-refractivity contribution is 0.590. The third kappa shape index (κ3) is 1.88. The lowest BCUT2D eigenvalue weighted by Gasteiger charge is -2.29. The van der Waals surface area contributed by atoms with Gasteiger partial charge in [-0.25, -0.2) is 0 Å². The molecule has 3 rings (SSSR count). The molecule has 0 bridgehead atoms. The summed E-state index contributed by atoms with van der Waals surface area (Å²) in [7, 11) is 0. The Labute approximate surface area is 105 Å². The Morgan fingerprint density at radius 3 is 2.65 bits per heavy atom. The molecule has 90 valence electrons. The molecule has 0 atom stereocenters. The third-order valence-electron chi connectivity index (χ3n) is 3.46. The summed E-state index contributed by atoms with van der Waals surface area (Å²) in [5, 5.41) is 13.7. The van der Waals surface area contributed by atoms with E-state index in [1.165, 1.54) is 23.4 Å². The molecule has 4 nitrogen and oxygen atoms in total. The smallest absolute Gasteiger partial charge is 0.130 e. The second kappa shape index (κ2) is 4.21. The molecule has 0 unspecified atom stereocenters. The molecule has 2 heterocycles. The van der Waals surface area contributed by atoms with Gasteiger partial charge < -0.3 is 16.0 Å². The second-order valence-corrected chi connectivity index (χ2v) is 5.69. The van der Waals surface area contributed by atoms with Crippen LogP contribution in [-0.2, 0) is 0 Å². The van der Waals surface area contributed by atoms with E-state index in [9.17, 15) is 0 Å². The molecule has 3 N–H and O–H groups in total. The van der Waals surface area contributed by atoms with E-state index in [0.29, 0.717) is 10.8 Å². The summed E-state index contributed by atoms with van der Waals surface area (Å²) in [4.78, 5) is 3.08. The average Bonchev–Trinajstić information content (AvgIpc) is 3.14. The monoisotopic (exact) mass is 248 g/mol. The van der Waals surface area contributed by atoms with Crippen molar-refractivity contribution in [2.24, 2.45) is 0 Å². The maximum absolute atomic E-state index is 9.11. The lowest BCUT2D eigenvalue weighted by atomic mass is 10.1. The topological polar surface area (TPSA) is 65.1 Å². The zero-order chi connectivity index (χ0) is 11.8. The largest absolute Gasteiger partial charge is 0.397 e. The number of piperazine rings is 1. The number of hydrogen-bond acceptors (Lipinski definition) is 5. The highest BCUT2D eigenvalue weighted by atomic mass is 32.1. The van der Waals surface area contributed by atoms with Crippen LogP contribution >= 0.6 is 11.3 Å². The number of rotatable bonds is 2. The van der Waals surface area contributed by atoms with Crippen LogP contribution in [0.2, 0.25) is 0 Å². The minimum Gasteiger partial charge on any atom is -0.397 e. The van der Waals surface area contributed by atoms with E-state index < -0.39 is 0 Å². The molecule has 5 heteroatoms. The predicted molar refractivity (Wildman–Crippen MR) is 70.5 cm³/mol. The van der Waals surface area contributed by atoms with Crippen LogP contribution in [0.3, 0.4) is 0 Å². The molecule has 17 heavy (non-hydrogen) atoms. The van der Waals surface area contributed by atoms with Crippen molar-refractivity contribution in [3.63, 3.8) is 0 Å². The molecule has 1 aliphatic carbocycles. The Morgan fingerprint density at radius 2 is 2.06 bits per heavy atom. The van der Waals surface area contributed by atoms with Gasteiger partial charge in [-0.05, 0) is 18.8 Å². The number of hydrogen-bond donors (Lipinski definition) is 2. The maximum atomic E-state index is 9.11. The fourth-order valence-corrected chi connectivity index (χ4v) is 3.55. The Kier molecular flexibility index (Phi) is 2.69. The minimum atomic E-state index is 0.609. The third-order valence-corrected chi connectivity index (χ3v) is 4.64. The standard InChI is InChI=1S/C12H16N4S/c13-7-9-11(14)10(8-1-2-8)12(17-9)16-5-3-15-4-6-16/h8,15H,1-6,14H2. The first-order chi connectivity index (χ1) is 8.31. The van der Waals surface area contributed by atoms with Crippen LogP contribution < -0.4 is 16.0 Å². The van der Waals surface area contributed by atoms with Gasteiger partial charge in [-0.1, -0.05) is 0 Å². The van der Waals surface area contributed by atoms with E-state index in [1.54, 1.807) is 11.3 Å². The second-order valence-electron chi connectivity index (χ2n) is 4.69. The molecule has 2 fully saturated rings. The van der Waals surface area contributed by atoms with E-state index in [1.807, 2.05) is 0 Å². The van der Waals surface area contributed by atoms with Gasteiger partial charge in [0.25, 0.3) is 0 Å². The van der Waals surface area contributed by atoms with Gasteiger partial charge in [-0.2, -0.15) is 5.26 Å². The summed E-state index contributed by atoms with van der Waals surface area (Å²) < 4.78 is 0. The van der Waals surface area contributed by atoms with Crippen molar-refractivity contribution in [3.05, 3.63) is 10.4 Å². The van der Waals surface area contributed by atoms with Crippen molar-refractivity contribution in [2.45, 2.75) is 18.8 Å². The van der Waals surface area contributed by atoms with Crippen molar-refractivity contribution in [3.8, 4) is 6.07 Å². The first-order valence-electron chi connectivity index (χ1n) is 6.09. The van der Waals surface area contributed by atoms with Crippen LogP contribution in [0.15, 0.2) is 0 Å². The lowest BCUT2D eigenvalue weighted by Crippen LogP contribution is -2.43. The van der Waals surface area contributed by atoms with Crippen molar-refractivity contribution in [1.29, 1.82) is 5.26 Å². The molecular formula is C12H16N4S. The van der Waals surface area contributed by atoms with Gasteiger partial charge in [0.2, 0.25) is 0 Å². The summed E-state index contributed by atoms with van der Waals surface area (Å²) in [6.07, 6.45) is 2.45. The summed E-state index contributed by atoms with van der Waals surface area (Å²) in [5.74, 6) is 0.609. The molecule has 1 aromatic rings. The minimum absolute atomic E-state index is 0.609. The number of nitriles is 1. The number of nitrogen functional groups attached to an aromatic ring is 1. The Bertz CT molecular complexity index is 464. The Hall–Kier alpha value is -1.25.